The Balaban J connectivity index is 1.16. The largest absolute Gasteiger partial charge is 0.374 e. The van der Waals surface area contributed by atoms with Crippen LogP contribution in [0.15, 0.2) is 84.9 Å². The van der Waals surface area contributed by atoms with Crippen molar-refractivity contribution in [1.29, 1.82) is 0 Å². The summed E-state index contributed by atoms with van der Waals surface area (Å²) in [6.45, 7) is 1.44. The van der Waals surface area contributed by atoms with Gasteiger partial charge in [-0.25, -0.2) is 0 Å². The highest BCUT2D eigenvalue weighted by atomic mass is 16.7. The number of hydrogen-bond donors (Lipinski definition) is 2. The van der Waals surface area contributed by atoms with Crippen LogP contribution in [0.5, 0.6) is 0 Å². The number of hydrogen-bond acceptors (Lipinski definition) is 6. The zero-order valence-corrected chi connectivity index (χ0v) is 22.7. The smallest absolute Gasteiger partial charge is 0.175 e. The molecule has 6 heteroatoms. The van der Waals surface area contributed by atoms with Crippen molar-refractivity contribution in [2.45, 2.75) is 56.3 Å². The fourth-order valence-corrected chi connectivity index (χ4v) is 5.52. The Hall–Kier alpha value is -2.84. The molecule has 0 spiro atoms. The lowest BCUT2D eigenvalue weighted by molar-refractivity contribution is -0.266. The second-order valence-electron chi connectivity index (χ2n) is 10.3. The highest BCUT2D eigenvalue weighted by molar-refractivity contribution is 5.83. The third-order valence-electron chi connectivity index (χ3n) is 7.63. The Bertz CT molecular complexity index is 1350. The molecule has 1 aliphatic rings. The van der Waals surface area contributed by atoms with Crippen LogP contribution in [0.2, 0.25) is 0 Å². The van der Waals surface area contributed by atoms with Gasteiger partial charge in [0.25, 0.3) is 0 Å². The van der Waals surface area contributed by atoms with E-state index in [0.29, 0.717) is 19.8 Å². The summed E-state index contributed by atoms with van der Waals surface area (Å²) in [5, 5.41) is 5.02. The van der Waals surface area contributed by atoms with Gasteiger partial charge < -0.3 is 30.4 Å². The highest BCUT2D eigenvalue weighted by Gasteiger charge is 2.45. The Kier molecular flexibility index (Phi) is 9.58. The standard InChI is InChI=1S/C33H40N2O4/c1-36-33-30(35)32(38-19-7-9-24-15-17-26-11-3-5-13-28(26)21-24)31(29(22-34)39-33)37-18-6-8-23-14-16-25-10-2-4-12-27(25)20-23/h2-5,10-17,20-21,29-33H,6-9,18-19,22,34-35H2,1H3. The van der Waals surface area contributed by atoms with Gasteiger partial charge in [-0.05, 0) is 58.4 Å². The number of fused-ring (bicyclic) bond motifs is 2. The molecular weight excluding hydrogens is 488 g/mol. The van der Waals surface area contributed by atoms with Crippen LogP contribution in [0.25, 0.3) is 21.5 Å². The number of rotatable bonds is 12. The van der Waals surface area contributed by atoms with Gasteiger partial charge >= 0.3 is 0 Å². The molecule has 5 rings (SSSR count). The van der Waals surface area contributed by atoms with Crippen molar-refractivity contribution in [1.82, 2.24) is 0 Å². The molecule has 39 heavy (non-hydrogen) atoms. The molecule has 0 radical (unpaired) electrons. The Morgan fingerprint density at radius 3 is 1.72 bits per heavy atom. The number of ether oxygens (including phenoxy) is 4. The van der Waals surface area contributed by atoms with Crippen LogP contribution in [0.3, 0.4) is 0 Å². The average molecular weight is 529 g/mol. The van der Waals surface area contributed by atoms with E-state index in [9.17, 15) is 0 Å². The maximum Gasteiger partial charge on any atom is 0.175 e. The topological polar surface area (TPSA) is 89.0 Å². The zero-order valence-electron chi connectivity index (χ0n) is 22.7. The quantitative estimate of drug-likeness (QED) is 0.252. The predicted molar refractivity (Wildman–Crippen MR) is 157 cm³/mol. The lowest BCUT2D eigenvalue weighted by atomic mass is 9.96. The first kappa shape index (κ1) is 27.7. The molecule has 6 nitrogen and oxygen atoms in total. The van der Waals surface area contributed by atoms with E-state index in [1.165, 1.54) is 32.7 Å². The van der Waals surface area contributed by atoms with Crippen molar-refractivity contribution in [2.75, 3.05) is 26.9 Å². The van der Waals surface area contributed by atoms with E-state index in [0.717, 1.165) is 25.7 Å². The maximum absolute atomic E-state index is 6.55. The summed E-state index contributed by atoms with van der Waals surface area (Å²) in [7, 11) is 1.60. The summed E-state index contributed by atoms with van der Waals surface area (Å²) in [4.78, 5) is 0. The number of nitrogens with two attached hydrogens (primary N) is 2. The zero-order chi connectivity index (χ0) is 27.0. The van der Waals surface area contributed by atoms with E-state index >= 15 is 0 Å². The SMILES string of the molecule is COC1OC(CN)C(OCCCc2ccc3ccccc3c2)C(OCCCc2ccc3ccccc3c2)C1N. The van der Waals surface area contributed by atoms with Crippen molar-refractivity contribution < 1.29 is 18.9 Å². The molecule has 0 aromatic heterocycles. The molecule has 4 aromatic rings. The van der Waals surface area contributed by atoms with Crippen molar-refractivity contribution in [3.05, 3.63) is 96.1 Å². The number of aryl methyl sites for hydroxylation is 2. The molecule has 0 aliphatic carbocycles. The van der Waals surface area contributed by atoms with E-state index in [1.807, 2.05) is 0 Å². The fourth-order valence-electron chi connectivity index (χ4n) is 5.52. The molecule has 0 saturated carbocycles. The molecule has 0 bridgehead atoms. The molecule has 5 unspecified atom stereocenters. The average Bonchev–Trinajstić information content (AvgIpc) is 2.98. The molecular formula is C33H40N2O4. The summed E-state index contributed by atoms with van der Waals surface area (Å²) in [5.41, 5.74) is 15.2. The Morgan fingerprint density at radius 1 is 0.692 bits per heavy atom. The van der Waals surface area contributed by atoms with Crippen molar-refractivity contribution in [3.63, 3.8) is 0 Å². The molecule has 1 heterocycles. The van der Waals surface area contributed by atoms with Crippen LogP contribution in [-0.4, -0.2) is 57.5 Å². The Morgan fingerprint density at radius 2 is 1.21 bits per heavy atom. The number of benzene rings is 4. The minimum Gasteiger partial charge on any atom is -0.374 e. The monoisotopic (exact) mass is 528 g/mol. The maximum atomic E-state index is 6.55. The van der Waals surface area contributed by atoms with Gasteiger partial charge in [0.15, 0.2) is 6.29 Å². The van der Waals surface area contributed by atoms with Crippen LogP contribution in [0, 0.1) is 0 Å². The number of methoxy groups -OCH3 is 1. The van der Waals surface area contributed by atoms with Crippen LogP contribution in [0.1, 0.15) is 24.0 Å². The summed E-state index contributed by atoms with van der Waals surface area (Å²) < 4.78 is 24.3. The van der Waals surface area contributed by atoms with Crippen molar-refractivity contribution >= 4 is 21.5 Å². The molecule has 1 fully saturated rings. The predicted octanol–water partition coefficient (Wildman–Crippen LogP) is 4.99. The first-order chi connectivity index (χ1) is 19.2. The molecule has 1 aliphatic heterocycles. The van der Waals surface area contributed by atoms with E-state index < -0.39 is 12.3 Å². The van der Waals surface area contributed by atoms with E-state index in [4.69, 9.17) is 30.4 Å². The third kappa shape index (κ3) is 6.84. The minimum atomic E-state index is -0.582. The van der Waals surface area contributed by atoms with Crippen molar-refractivity contribution in [3.8, 4) is 0 Å². The lowest BCUT2D eigenvalue weighted by Gasteiger charge is -2.44. The summed E-state index contributed by atoms with van der Waals surface area (Å²) in [6.07, 6.45) is 1.96. The molecule has 1 saturated heterocycles. The van der Waals surface area contributed by atoms with Crippen LogP contribution < -0.4 is 11.5 Å². The van der Waals surface area contributed by atoms with Gasteiger partial charge in [-0.15, -0.1) is 0 Å². The second-order valence-corrected chi connectivity index (χ2v) is 10.3. The van der Waals surface area contributed by atoms with Crippen LogP contribution >= 0.6 is 0 Å². The second kappa shape index (κ2) is 13.5. The highest BCUT2D eigenvalue weighted by Crippen LogP contribution is 2.26. The molecule has 5 atom stereocenters. The Labute approximate surface area is 231 Å². The normalized spacial score (nSPS) is 23.4. The first-order valence-electron chi connectivity index (χ1n) is 14.0. The third-order valence-corrected chi connectivity index (χ3v) is 7.63. The first-order valence-corrected chi connectivity index (χ1v) is 14.0. The van der Waals surface area contributed by atoms with Crippen molar-refractivity contribution in [2.24, 2.45) is 11.5 Å². The van der Waals surface area contributed by atoms with Crippen LogP contribution in [-0.2, 0) is 31.8 Å². The minimum absolute atomic E-state index is 0.304. The van der Waals surface area contributed by atoms with Gasteiger partial charge in [-0.1, -0.05) is 84.9 Å². The molecule has 206 valence electrons. The van der Waals surface area contributed by atoms with E-state index in [-0.39, 0.29) is 18.3 Å². The van der Waals surface area contributed by atoms with Crippen LogP contribution in [0.4, 0.5) is 0 Å². The van der Waals surface area contributed by atoms with E-state index in [1.54, 1.807) is 7.11 Å². The summed E-state index contributed by atoms with van der Waals surface area (Å²) in [5.74, 6) is 0. The van der Waals surface area contributed by atoms with Gasteiger partial charge in [0.05, 0.1) is 6.04 Å². The van der Waals surface area contributed by atoms with Gasteiger partial charge in [0, 0.05) is 26.9 Å². The fraction of sp³-hybridized carbons (Fsp3) is 0.394. The molecule has 4 aromatic carbocycles. The molecule has 4 N–H and O–H groups in total. The summed E-state index contributed by atoms with van der Waals surface area (Å²) in [6, 6.07) is 29.6. The molecule has 0 amide bonds. The summed E-state index contributed by atoms with van der Waals surface area (Å²) >= 11 is 0. The van der Waals surface area contributed by atoms with Gasteiger partial charge in [0.2, 0.25) is 0 Å². The van der Waals surface area contributed by atoms with E-state index in [2.05, 4.69) is 84.9 Å². The van der Waals surface area contributed by atoms with Gasteiger partial charge in [-0.2, -0.15) is 0 Å². The van der Waals surface area contributed by atoms with Gasteiger partial charge in [-0.3, -0.25) is 0 Å². The lowest BCUT2D eigenvalue weighted by Crippen LogP contribution is -2.64. The van der Waals surface area contributed by atoms with Gasteiger partial charge in [0.1, 0.15) is 18.3 Å².